The van der Waals surface area contributed by atoms with E-state index in [4.69, 9.17) is 10.1 Å². The highest BCUT2D eigenvalue weighted by Gasteiger charge is 2.19. The van der Waals surface area contributed by atoms with Crippen molar-refractivity contribution in [1.29, 1.82) is 5.41 Å². The molecule has 0 aliphatic carbocycles. The third-order valence-electron chi connectivity index (χ3n) is 6.20. The fourth-order valence-corrected chi connectivity index (χ4v) is 4.11. The van der Waals surface area contributed by atoms with Crippen LogP contribution in [0.2, 0.25) is 0 Å². The fourth-order valence-electron chi connectivity index (χ4n) is 4.11. The zero-order valence-corrected chi connectivity index (χ0v) is 22.3. The van der Waals surface area contributed by atoms with Gasteiger partial charge in [0, 0.05) is 35.7 Å². The molecule has 4 aromatic rings. The van der Waals surface area contributed by atoms with Gasteiger partial charge in [0.05, 0.1) is 12.7 Å². The highest BCUT2D eigenvalue weighted by atomic mass is 16.5. The van der Waals surface area contributed by atoms with Crippen LogP contribution in [0.3, 0.4) is 0 Å². The van der Waals surface area contributed by atoms with Crippen molar-refractivity contribution in [2.24, 2.45) is 0 Å². The van der Waals surface area contributed by atoms with Crippen molar-refractivity contribution in [2.75, 3.05) is 23.9 Å². The number of anilines is 3. The Bertz CT molecular complexity index is 1430. The summed E-state index contributed by atoms with van der Waals surface area (Å²) in [7, 11) is 1.22. The molecule has 0 spiro atoms. The standard InChI is InChI=1S/C33H31N3O4/c1-24(32(37)39-2)23-40-33(38)31(34)29-15-9-10-16-30(29)35-27-17-19-28(20-18-27)36(21-25-11-5-3-6-12-25)22-26-13-7-4-8-14-26/h3-20,34-35H,1,21-23H2,2H3. The molecular weight excluding hydrogens is 502 g/mol. The summed E-state index contributed by atoms with van der Waals surface area (Å²) in [5, 5.41) is 11.7. The Labute approximate surface area is 234 Å². The number of nitrogens with zero attached hydrogens (tertiary/aromatic N) is 1. The minimum absolute atomic E-state index is 0.0104. The Hall–Kier alpha value is -5.17. The van der Waals surface area contributed by atoms with Crippen molar-refractivity contribution < 1.29 is 19.1 Å². The number of rotatable bonds is 12. The van der Waals surface area contributed by atoms with E-state index in [0.29, 0.717) is 11.3 Å². The van der Waals surface area contributed by atoms with Crippen molar-refractivity contribution in [3.63, 3.8) is 0 Å². The van der Waals surface area contributed by atoms with Gasteiger partial charge in [-0.3, -0.25) is 5.41 Å². The molecule has 0 aromatic heterocycles. The van der Waals surface area contributed by atoms with Gasteiger partial charge in [0.1, 0.15) is 12.3 Å². The maximum Gasteiger partial charge on any atom is 0.357 e. The number of para-hydroxylation sites is 1. The lowest BCUT2D eigenvalue weighted by molar-refractivity contribution is -0.139. The van der Waals surface area contributed by atoms with Gasteiger partial charge in [0.2, 0.25) is 0 Å². The molecule has 7 heteroatoms. The van der Waals surface area contributed by atoms with Gasteiger partial charge in [-0.25, -0.2) is 9.59 Å². The second-order valence-corrected chi connectivity index (χ2v) is 9.09. The summed E-state index contributed by atoms with van der Waals surface area (Å²) in [6, 6.07) is 35.7. The lowest BCUT2D eigenvalue weighted by atomic mass is 10.1. The third-order valence-corrected chi connectivity index (χ3v) is 6.20. The fraction of sp³-hybridized carbons (Fsp3) is 0.121. The van der Waals surface area contributed by atoms with E-state index >= 15 is 0 Å². The first-order valence-corrected chi connectivity index (χ1v) is 12.8. The van der Waals surface area contributed by atoms with Crippen molar-refractivity contribution >= 4 is 34.7 Å². The van der Waals surface area contributed by atoms with Crippen LogP contribution in [-0.4, -0.2) is 31.4 Å². The molecule has 202 valence electrons. The van der Waals surface area contributed by atoms with E-state index in [2.05, 4.69) is 57.9 Å². The van der Waals surface area contributed by atoms with Gasteiger partial charge < -0.3 is 19.7 Å². The molecule has 40 heavy (non-hydrogen) atoms. The van der Waals surface area contributed by atoms with Crippen LogP contribution < -0.4 is 10.2 Å². The van der Waals surface area contributed by atoms with Crippen molar-refractivity contribution in [2.45, 2.75) is 13.1 Å². The first kappa shape index (κ1) is 27.9. The van der Waals surface area contributed by atoms with Crippen molar-refractivity contribution in [3.05, 3.63) is 138 Å². The quantitative estimate of drug-likeness (QED) is 0.127. The Morgan fingerprint density at radius 1 is 0.775 bits per heavy atom. The SMILES string of the molecule is C=C(COC(=O)C(=N)c1ccccc1Nc1ccc(N(Cc2ccccc2)Cc2ccccc2)cc1)C(=O)OC. The molecule has 0 aliphatic heterocycles. The number of esters is 2. The Kier molecular flexibility index (Phi) is 9.45. The first-order chi connectivity index (χ1) is 19.4. The molecule has 0 amide bonds. The van der Waals surface area contributed by atoms with E-state index in [1.54, 1.807) is 18.2 Å². The highest BCUT2D eigenvalue weighted by Crippen LogP contribution is 2.26. The van der Waals surface area contributed by atoms with Gasteiger partial charge in [-0.1, -0.05) is 85.4 Å². The van der Waals surface area contributed by atoms with E-state index in [-0.39, 0.29) is 17.9 Å². The summed E-state index contributed by atoms with van der Waals surface area (Å²) < 4.78 is 9.65. The van der Waals surface area contributed by atoms with Gasteiger partial charge in [0.25, 0.3) is 0 Å². The molecule has 0 radical (unpaired) electrons. The largest absolute Gasteiger partial charge is 0.466 e. The van der Waals surface area contributed by atoms with Crippen LogP contribution in [0.25, 0.3) is 0 Å². The molecule has 7 nitrogen and oxygen atoms in total. The summed E-state index contributed by atoms with van der Waals surface area (Å²) in [5.74, 6) is -1.54. The monoisotopic (exact) mass is 533 g/mol. The van der Waals surface area contributed by atoms with Crippen LogP contribution in [0.15, 0.2) is 121 Å². The Morgan fingerprint density at radius 3 is 1.90 bits per heavy atom. The van der Waals surface area contributed by atoms with E-state index in [9.17, 15) is 9.59 Å². The second-order valence-electron chi connectivity index (χ2n) is 9.09. The Morgan fingerprint density at radius 2 is 1.32 bits per heavy atom. The zero-order chi connectivity index (χ0) is 28.3. The topological polar surface area (TPSA) is 91.7 Å². The summed E-state index contributed by atoms with van der Waals surface area (Å²) >= 11 is 0. The summed E-state index contributed by atoms with van der Waals surface area (Å²) in [6.45, 7) is 4.69. The number of nitrogens with one attached hydrogen (secondary N) is 2. The van der Waals surface area contributed by atoms with Crippen molar-refractivity contribution in [1.82, 2.24) is 0 Å². The smallest absolute Gasteiger partial charge is 0.357 e. The zero-order valence-electron chi connectivity index (χ0n) is 22.3. The van der Waals surface area contributed by atoms with Crippen LogP contribution in [0.5, 0.6) is 0 Å². The molecule has 0 unspecified atom stereocenters. The minimum Gasteiger partial charge on any atom is -0.466 e. The predicted octanol–water partition coefficient (Wildman–Crippen LogP) is 6.28. The van der Waals surface area contributed by atoms with Crippen LogP contribution in [-0.2, 0) is 32.2 Å². The number of carbonyl (C=O) groups excluding carboxylic acids is 2. The van der Waals surface area contributed by atoms with Crippen LogP contribution in [0, 0.1) is 5.41 Å². The van der Waals surface area contributed by atoms with Crippen LogP contribution in [0.1, 0.15) is 16.7 Å². The average molecular weight is 534 g/mol. The summed E-state index contributed by atoms with van der Waals surface area (Å²) in [6.07, 6.45) is 0. The second kappa shape index (κ2) is 13.6. The third kappa shape index (κ3) is 7.45. The summed E-state index contributed by atoms with van der Waals surface area (Å²) in [5.41, 5.74) is 4.90. The van der Waals surface area contributed by atoms with Gasteiger partial charge in [-0.2, -0.15) is 0 Å². The lowest BCUT2D eigenvalue weighted by Crippen LogP contribution is -2.22. The first-order valence-electron chi connectivity index (χ1n) is 12.8. The van der Waals surface area contributed by atoms with E-state index in [1.807, 2.05) is 54.6 Å². The van der Waals surface area contributed by atoms with Gasteiger partial charge in [-0.15, -0.1) is 0 Å². The minimum atomic E-state index is -0.868. The number of carbonyl (C=O) groups is 2. The summed E-state index contributed by atoms with van der Waals surface area (Å²) in [4.78, 5) is 26.3. The number of hydrogen-bond donors (Lipinski definition) is 2. The van der Waals surface area contributed by atoms with Gasteiger partial charge >= 0.3 is 11.9 Å². The van der Waals surface area contributed by atoms with Gasteiger partial charge in [0.15, 0.2) is 0 Å². The molecule has 2 N–H and O–H groups in total. The van der Waals surface area contributed by atoms with E-state index in [0.717, 1.165) is 24.5 Å². The number of hydrogen-bond acceptors (Lipinski definition) is 7. The number of methoxy groups -OCH3 is 1. The number of benzene rings is 4. The molecule has 4 aromatic carbocycles. The van der Waals surface area contributed by atoms with Crippen LogP contribution >= 0.6 is 0 Å². The molecule has 0 heterocycles. The molecular formula is C33H31N3O4. The number of ether oxygens (including phenoxy) is 2. The molecule has 0 bridgehead atoms. The Balaban J connectivity index is 1.48. The maximum atomic E-state index is 12.5. The molecule has 0 atom stereocenters. The highest BCUT2D eigenvalue weighted by molar-refractivity contribution is 6.43. The average Bonchev–Trinajstić information content (AvgIpc) is 3.00. The van der Waals surface area contributed by atoms with Crippen LogP contribution in [0.4, 0.5) is 17.1 Å². The normalized spacial score (nSPS) is 10.3. The molecule has 0 saturated heterocycles. The molecule has 0 aliphatic rings. The molecule has 0 fully saturated rings. The predicted molar refractivity (Wildman–Crippen MR) is 158 cm³/mol. The maximum absolute atomic E-state index is 12.5. The molecule has 0 saturated carbocycles. The lowest BCUT2D eigenvalue weighted by Gasteiger charge is -2.26. The van der Waals surface area contributed by atoms with E-state index < -0.39 is 11.9 Å². The van der Waals surface area contributed by atoms with Crippen molar-refractivity contribution in [3.8, 4) is 0 Å². The van der Waals surface area contributed by atoms with E-state index in [1.165, 1.54) is 18.2 Å². The molecule has 4 rings (SSSR count). The van der Waals surface area contributed by atoms with Gasteiger partial charge in [-0.05, 0) is 41.5 Å².